The lowest BCUT2D eigenvalue weighted by atomic mass is 9.91. The van der Waals surface area contributed by atoms with Crippen LogP contribution in [0.4, 0.5) is 5.69 Å². The summed E-state index contributed by atoms with van der Waals surface area (Å²) in [5.74, 6) is -1.85. The fraction of sp³-hybridized carbons (Fsp3) is 0.185. The molecule has 0 aliphatic heterocycles. The van der Waals surface area contributed by atoms with Gasteiger partial charge in [-0.2, -0.15) is 0 Å². The summed E-state index contributed by atoms with van der Waals surface area (Å²) in [7, 11) is 0. The van der Waals surface area contributed by atoms with E-state index in [1.165, 1.54) is 0 Å². The molecule has 3 rings (SSSR count). The average molecular weight is 414 g/mol. The zero-order chi connectivity index (χ0) is 22.2. The van der Waals surface area contributed by atoms with E-state index in [9.17, 15) is 14.7 Å². The van der Waals surface area contributed by atoms with Gasteiger partial charge in [0, 0.05) is 23.4 Å². The number of carboxylic acids is 1. The molecule has 0 saturated heterocycles. The van der Waals surface area contributed by atoms with Gasteiger partial charge >= 0.3 is 5.97 Å². The van der Waals surface area contributed by atoms with Gasteiger partial charge in [0.2, 0.25) is 0 Å². The van der Waals surface area contributed by atoms with Gasteiger partial charge in [0.25, 0.3) is 0 Å². The highest BCUT2D eigenvalue weighted by Gasteiger charge is 2.22. The van der Waals surface area contributed by atoms with Crippen LogP contribution in [0, 0.1) is 5.92 Å². The molecule has 0 aliphatic carbocycles. The van der Waals surface area contributed by atoms with Crippen molar-refractivity contribution in [1.29, 1.82) is 0 Å². The van der Waals surface area contributed by atoms with E-state index in [4.69, 9.17) is 0 Å². The first-order valence-corrected chi connectivity index (χ1v) is 10.4. The lowest BCUT2D eigenvalue weighted by Gasteiger charge is -2.12. The van der Waals surface area contributed by atoms with Gasteiger partial charge < -0.3 is 10.4 Å². The van der Waals surface area contributed by atoms with Crippen molar-refractivity contribution in [3.63, 3.8) is 0 Å². The Morgan fingerprint density at radius 3 is 2.03 bits per heavy atom. The number of anilines is 1. The molecule has 2 N–H and O–H groups in total. The first kappa shape index (κ1) is 22.0. The first-order chi connectivity index (χ1) is 15.0. The van der Waals surface area contributed by atoms with Gasteiger partial charge in [0.15, 0.2) is 5.78 Å². The van der Waals surface area contributed by atoms with Crippen molar-refractivity contribution in [2.75, 3.05) is 5.32 Å². The van der Waals surface area contributed by atoms with Crippen LogP contribution in [0.2, 0.25) is 0 Å². The molecule has 158 valence electrons. The molecule has 0 aromatic heterocycles. The second-order valence-electron chi connectivity index (χ2n) is 7.59. The highest BCUT2D eigenvalue weighted by Crippen LogP contribution is 2.24. The second-order valence-corrected chi connectivity index (χ2v) is 7.59. The Morgan fingerprint density at radius 2 is 1.48 bits per heavy atom. The van der Waals surface area contributed by atoms with Gasteiger partial charge in [0.1, 0.15) is 0 Å². The average Bonchev–Trinajstić information content (AvgIpc) is 2.79. The molecular formula is C27H27NO3. The smallest absolute Gasteiger partial charge is 0.307 e. The van der Waals surface area contributed by atoms with Crippen LogP contribution in [0.3, 0.4) is 0 Å². The van der Waals surface area contributed by atoms with Gasteiger partial charge in [-0.25, -0.2) is 0 Å². The van der Waals surface area contributed by atoms with E-state index in [2.05, 4.69) is 11.9 Å². The SMILES string of the molecule is C=C(CC)Nc1ccc(-c2ccc(C(=O)CC(Cc3ccccc3)C(=O)O)cc2)cc1. The molecule has 0 heterocycles. The highest BCUT2D eigenvalue weighted by molar-refractivity contribution is 5.98. The number of allylic oxidation sites excluding steroid dienone is 1. The van der Waals surface area contributed by atoms with Crippen LogP contribution in [-0.2, 0) is 11.2 Å². The third-order valence-corrected chi connectivity index (χ3v) is 5.28. The van der Waals surface area contributed by atoms with Gasteiger partial charge in [0.05, 0.1) is 5.92 Å². The maximum atomic E-state index is 12.7. The minimum Gasteiger partial charge on any atom is -0.481 e. The predicted molar refractivity (Wildman–Crippen MR) is 125 cm³/mol. The number of ketones is 1. The van der Waals surface area contributed by atoms with Gasteiger partial charge in [-0.05, 0) is 41.7 Å². The van der Waals surface area contributed by atoms with Crippen molar-refractivity contribution < 1.29 is 14.7 Å². The molecule has 0 bridgehead atoms. The van der Waals surface area contributed by atoms with Crippen LogP contribution >= 0.6 is 0 Å². The lowest BCUT2D eigenvalue weighted by Crippen LogP contribution is -2.20. The molecule has 0 fully saturated rings. The minimum absolute atomic E-state index is 0.0226. The molecule has 0 saturated carbocycles. The van der Waals surface area contributed by atoms with E-state index in [1.54, 1.807) is 12.1 Å². The predicted octanol–water partition coefficient (Wildman–Crippen LogP) is 6.21. The number of carboxylic acid groups (broad SMARTS) is 1. The standard InChI is InChI=1S/C27H27NO3/c1-3-19(2)28-25-15-13-22(14-16-25)21-9-11-23(12-10-21)26(29)18-24(27(30)31)17-20-7-5-4-6-8-20/h4-16,24,28H,2-3,17-18H2,1H3,(H,30,31). The van der Waals surface area contributed by atoms with E-state index in [1.807, 2.05) is 73.7 Å². The fourth-order valence-corrected chi connectivity index (χ4v) is 3.37. The van der Waals surface area contributed by atoms with Crippen molar-refractivity contribution >= 4 is 17.4 Å². The number of carbonyl (C=O) groups excluding carboxylic acids is 1. The van der Waals surface area contributed by atoms with Crippen molar-refractivity contribution in [2.24, 2.45) is 5.92 Å². The molecule has 0 spiro atoms. The summed E-state index contributed by atoms with van der Waals surface area (Å²) in [5.41, 5.74) is 5.43. The summed E-state index contributed by atoms with van der Waals surface area (Å²) in [5, 5.41) is 12.8. The van der Waals surface area contributed by atoms with Gasteiger partial charge in [-0.15, -0.1) is 0 Å². The number of benzene rings is 3. The molecular weight excluding hydrogens is 386 g/mol. The van der Waals surface area contributed by atoms with E-state index in [0.29, 0.717) is 12.0 Å². The number of aliphatic carboxylic acids is 1. The number of Topliss-reactive ketones (excluding diaryl/α,β-unsaturated/α-hetero) is 1. The van der Waals surface area contributed by atoms with E-state index in [0.717, 1.165) is 34.5 Å². The third kappa shape index (κ3) is 6.16. The van der Waals surface area contributed by atoms with Crippen LogP contribution in [0.5, 0.6) is 0 Å². The van der Waals surface area contributed by atoms with Gasteiger partial charge in [-0.1, -0.05) is 80.2 Å². The summed E-state index contributed by atoms with van der Waals surface area (Å²) in [4.78, 5) is 24.4. The van der Waals surface area contributed by atoms with Crippen molar-refractivity contribution in [1.82, 2.24) is 0 Å². The van der Waals surface area contributed by atoms with Gasteiger partial charge in [-0.3, -0.25) is 9.59 Å². The molecule has 3 aromatic carbocycles. The molecule has 31 heavy (non-hydrogen) atoms. The lowest BCUT2D eigenvalue weighted by molar-refractivity contribution is -0.141. The number of nitrogens with one attached hydrogen (secondary N) is 1. The number of hydrogen-bond donors (Lipinski definition) is 2. The Bertz CT molecular complexity index is 1040. The zero-order valence-electron chi connectivity index (χ0n) is 17.7. The Balaban J connectivity index is 1.66. The van der Waals surface area contributed by atoms with Crippen LogP contribution in [0.1, 0.15) is 35.7 Å². The summed E-state index contributed by atoms with van der Waals surface area (Å²) >= 11 is 0. The van der Waals surface area contributed by atoms with E-state index >= 15 is 0 Å². The molecule has 3 aromatic rings. The molecule has 1 atom stereocenters. The van der Waals surface area contributed by atoms with Crippen LogP contribution in [-0.4, -0.2) is 16.9 Å². The third-order valence-electron chi connectivity index (χ3n) is 5.28. The normalized spacial score (nSPS) is 11.5. The quantitative estimate of drug-likeness (QED) is 0.388. The Kier molecular flexibility index (Phi) is 7.39. The summed E-state index contributed by atoms with van der Waals surface area (Å²) in [6.45, 7) is 6.00. The summed E-state index contributed by atoms with van der Waals surface area (Å²) < 4.78 is 0. The Morgan fingerprint density at radius 1 is 0.903 bits per heavy atom. The van der Waals surface area contributed by atoms with Crippen molar-refractivity contribution in [2.45, 2.75) is 26.2 Å². The first-order valence-electron chi connectivity index (χ1n) is 10.4. The second kappa shape index (κ2) is 10.4. The van der Waals surface area contributed by atoms with Crippen molar-refractivity contribution in [3.05, 3.63) is 102 Å². The number of rotatable bonds is 10. The molecule has 0 amide bonds. The largest absolute Gasteiger partial charge is 0.481 e. The molecule has 0 aliphatic rings. The maximum Gasteiger partial charge on any atom is 0.307 e. The minimum atomic E-state index is -0.951. The van der Waals surface area contributed by atoms with E-state index < -0.39 is 11.9 Å². The maximum absolute atomic E-state index is 12.7. The van der Waals surface area contributed by atoms with Crippen LogP contribution < -0.4 is 5.32 Å². The molecule has 4 nitrogen and oxygen atoms in total. The molecule has 4 heteroatoms. The number of hydrogen-bond acceptors (Lipinski definition) is 3. The van der Waals surface area contributed by atoms with Crippen LogP contribution in [0.25, 0.3) is 11.1 Å². The summed E-state index contributed by atoms with van der Waals surface area (Å²) in [6, 6.07) is 24.8. The monoisotopic (exact) mass is 413 g/mol. The van der Waals surface area contributed by atoms with Crippen molar-refractivity contribution in [3.8, 4) is 11.1 Å². The Labute approximate surface area is 183 Å². The van der Waals surface area contributed by atoms with Crippen LogP contribution in [0.15, 0.2) is 91.1 Å². The highest BCUT2D eigenvalue weighted by atomic mass is 16.4. The molecule has 1 unspecified atom stereocenters. The molecule has 0 radical (unpaired) electrons. The number of carbonyl (C=O) groups is 2. The summed E-state index contributed by atoms with van der Waals surface area (Å²) in [6.07, 6.45) is 1.18. The van der Waals surface area contributed by atoms with E-state index in [-0.39, 0.29) is 12.2 Å². The zero-order valence-corrected chi connectivity index (χ0v) is 17.7. The fourth-order valence-electron chi connectivity index (χ4n) is 3.37. The Hall–Kier alpha value is -3.66. The topological polar surface area (TPSA) is 66.4 Å².